The molecule has 0 aliphatic heterocycles. The van der Waals surface area contributed by atoms with Gasteiger partial charge in [-0.15, -0.1) is 0 Å². The van der Waals surface area contributed by atoms with Gasteiger partial charge in [-0.25, -0.2) is 9.07 Å². The van der Waals surface area contributed by atoms with Crippen molar-refractivity contribution in [1.29, 1.82) is 0 Å². The minimum atomic E-state index is -0.455. The molecular weight excluding hydrogens is 269 g/mol. The van der Waals surface area contributed by atoms with E-state index in [1.54, 1.807) is 18.2 Å². The number of benzene rings is 2. The van der Waals surface area contributed by atoms with Crippen molar-refractivity contribution in [2.75, 3.05) is 0 Å². The van der Waals surface area contributed by atoms with E-state index in [1.807, 2.05) is 24.3 Å². The molecule has 0 radical (unpaired) electrons. The number of fused-ring (bicyclic) bond motifs is 3. The Kier molecular flexibility index (Phi) is 2.41. The van der Waals surface area contributed by atoms with Crippen molar-refractivity contribution >= 4 is 21.8 Å². The number of hydrogen-bond donors (Lipinski definition) is 1. The standard InChI is InChI=1S/C16H10FN3O/c17-12-6-2-4-8-14(12)20-16(21)11-9-18-13-7-3-1-5-10(13)15(11)19-20/h1-9,19H. The number of nitrogens with one attached hydrogen (secondary N) is 1. The lowest BCUT2D eigenvalue weighted by molar-refractivity contribution is 0.609. The van der Waals surface area contributed by atoms with Crippen molar-refractivity contribution in [1.82, 2.24) is 14.8 Å². The first kappa shape index (κ1) is 11.8. The lowest BCUT2D eigenvalue weighted by Crippen LogP contribution is -2.15. The molecule has 0 bridgehead atoms. The van der Waals surface area contributed by atoms with Gasteiger partial charge >= 0.3 is 0 Å². The van der Waals surface area contributed by atoms with E-state index in [2.05, 4.69) is 10.1 Å². The van der Waals surface area contributed by atoms with Crippen LogP contribution in [-0.2, 0) is 0 Å². The zero-order valence-electron chi connectivity index (χ0n) is 10.9. The first-order valence-corrected chi connectivity index (χ1v) is 6.49. The first-order chi connectivity index (χ1) is 10.3. The number of aromatic nitrogens is 3. The van der Waals surface area contributed by atoms with Crippen molar-refractivity contribution in [3.05, 3.63) is 70.9 Å². The summed E-state index contributed by atoms with van der Waals surface area (Å²) in [5.41, 5.74) is 1.33. The Hall–Kier alpha value is -2.95. The van der Waals surface area contributed by atoms with Gasteiger partial charge in [-0.3, -0.25) is 14.9 Å². The van der Waals surface area contributed by atoms with Gasteiger partial charge in [0.05, 0.1) is 16.4 Å². The molecule has 0 saturated heterocycles. The highest BCUT2D eigenvalue weighted by atomic mass is 19.1. The predicted octanol–water partition coefficient (Wildman–Crippen LogP) is 3.01. The third-order valence-corrected chi connectivity index (χ3v) is 3.53. The van der Waals surface area contributed by atoms with E-state index >= 15 is 0 Å². The molecule has 2 aromatic carbocycles. The molecule has 1 N–H and O–H groups in total. The molecule has 0 aliphatic rings. The van der Waals surface area contributed by atoms with E-state index in [0.717, 1.165) is 10.9 Å². The molecule has 4 nitrogen and oxygen atoms in total. The largest absolute Gasteiger partial charge is 0.289 e. The molecule has 0 aliphatic carbocycles. The van der Waals surface area contributed by atoms with Crippen LogP contribution < -0.4 is 5.56 Å². The van der Waals surface area contributed by atoms with Gasteiger partial charge in [0.2, 0.25) is 0 Å². The van der Waals surface area contributed by atoms with Crippen molar-refractivity contribution in [3.63, 3.8) is 0 Å². The van der Waals surface area contributed by atoms with Gasteiger partial charge in [0.25, 0.3) is 5.56 Å². The first-order valence-electron chi connectivity index (χ1n) is 6.49. The minimum Gasteiger partial charge on any atom is -0.289 e. The Morgan fingerprint density at radius 3 is 2.62 bits per heavy atom. The minimum absolute atomic E-state index is 0.197. The van der Waals surface area contributed by atoms with E-state index in [0.29, 0.717) is 10.9 Å². The highest BCUT2D eigenvalue weighted by Crippen LogP contribution is 2.21. The number of aromatic amines is 1. The average molecular weight is 279 g/mol. The summed E-state index contributed by atoms with van der Waals surface area (Å²) in [5, 5.41) is 4.27. The van der Waals surface area contributed by atoms with Gasteiger partial charge in [0.1, 0.15) is 11.5 Å². The third-order valence-electron chi connectivity index (χ3n) is 3.53. The van der Waals surface area contributed by atoms with Crippen LogP contribution in [0.15, 0.2) is 59.5 Å². The number of rotatable bonds is 1. The topological polar surface area (TPSA) is 50.7 Å². The maximum atomic E-state index is 13.9. The van der Waals surface area contributed by atoms with Gasteiger partial charge in [-0.2, -0.15) is 0 Å². The van der Waals surface area contributed by atoms with Crippen LogP contribution in [0.1, 0.15) is 0 Å². The molecule has 0 atom stereocenters. The Morgan fingerprint density at radius 2 is 1.76 bits per heavy atom. The zero-order chi connectivity index (χ0) is 14.4. The molecule has 2 heterocycles. The van der Waals surface area contributed by atoms with Gasteiger partial charge in [-0.1, -0.05) is 30.3 Å². The molecule has 21 heavy (non-hydrogen) atoms. The van der Waals surface area contributed by atoms with Crippen LogP contribution in [0.3, 0.4) is 0 Å². The second kappa shape index (κ2) is 4.28. The summed E-state index contributed by atoms with van der Waals surface area (Å²) < 4.78 is 15.1. The smallest absolute Gasteiger partial charge is 0.280 e. The van der Waals surface area contributed by atoms with E-state index in [4.69, 9.17) is 0 Å². The summed E-state index contributed by atoms with van der Waals surface area (Å²) in [6, 6.07) is 13.7. The molecule has 0 saturated carbocycles. The molecule has 4 aromatic rings. The normalized spacial score (nSPS) is 11.3. The molecule has 0 fully saturated rings. The summed E-state index contributed by atoms with van der Waals surface area (Å²) in [6.45, 7) is 0. The molecule has 4 rings (SSSR count). The lowest BCUT2D eigenvalue weighted by Gasteiger charge is -2.02. The number of para-hydroxylation sites is 2. The fourth-order valence-electron chi connectivity index (χ4n) is 2.51. The SMILES string of the molecule is O=c1c2cnc3ccccc3c2[nH]n1-c1ccccc1F. The second-order valence-electron chi connectivity index (χ2n) is 4.77. The molecule has 0 spiro atoms. The van der Waals surface area contributed by atoms with E-state index in [9.17, 15) is 9.18 Å². The Bertz CT molecular complexity index is 1030. The Labute approximate surface area is 118 Å². The van der Waals surface area contributed by atoms with Crippen LogP contribution in [0.5, 0.6) is 0 Å². The summed E-state index contributed by atoms with van der Waals surface area (Å²) in [4.78, 5) is 16.7. The summed E-state index contributed by atoms with van der Waals surface area (Å²) in [7, 11) is 0. The molecular formula is C16H10FN3O. The van der Waals surface area contributed by atoms with Crippen molar-refractivity contribution in [3.8, 4) is 5.69 Å². The van der Waals surface area contributed by atoms with E-state index in [1.165, 1.54) is 16.9 Å². The monoisotopic (exact) mass is 279 g/mol. The number of halogens is 1. The van der Waals surface area contributed by atoms with Crippen LogP contribution in [0.2, 0.25) is 0 Å². The molecule has 2 aromatic heterocycles. The maximum absolute atomic E-state index is 13.9. The van der Waals surface area contributed by atoms with Crippen LogP contribution in [0.25, 0.3) is 27.5 Å². The second-order valence-corrected chi connectivity index (χ2v) is 4.77. The maximum Gasteiger partial charge on any atom is 0.280 e. The van der Waals surface area contributed by atoms with Crippen molar-refractivity contribution < 1.29 is 4.39 Å². The summed E-state index contributed by atoms with van der Waals surface area (Å²) >= 11 is 0. The summed E-state index contributed by atoms with van der Waals surface area (Å²) in [6.07, 6.45) is 1.52. The number of H-pyrrole nitrogens is 1. The van der Waals surface area contributed by atoms with Crippen molar-refractivity contribution in [2.24, 2.45) is 0 Å². The Morgan fingerprint density at radius 1 is 1.00 bits per heavy atom. The molecule has 0 amide bonds. The van der Waals surface area contributed by atoms with Gasteiger partial charge in [0, 0.05) is 11.6 Å². The van der Waals surface area contributed by atoms with Gasteiger partial charge in [0.15, 0.2) is 0 Å². The van der Waals surface area contributed by atoms with Crippen LogP contribution in [0.4, 0.5) is 4.39 Å². The van der Waals surface area contributed by atoms with Crippen LogP contribution in [-0.4, -0.2) is 14.8 Å². The van der Waals surface area contributed by atoms with Gasteiger partial charge in [-0.05, 0) is 18.2 Å². The quantitative estimate of drug-likeness (QED) is 0.582. The fraction of sp³-hybridized carbons (Fsp3) is 0. The number of pyridine rings is 1. The van der Waals surface area contributed by atoms with Crippen LogP contribution >= 0.6 is 0 Å². The lowest BCUT2D eigenvalue weighted by atomic mass is 10.2. The fourth-order valence-corrected chi connectivity index (χ4v) is 2.51. The predicted molar refractivity (Wildman–Crippen MR) is 79.2 cm³/mol. The van der Waals surface area contributed by atoms with Gasteiger partial charge < -0.3 is 0 Å². The van der Waals surface area contributed by atoms with E-state index < -0.39 is 5.82 Å². The number of hydrogen-bond acceptors (Lipinski definition) is 2. The molecule has 0 unspecified atom stereocenters. The van der Waals surface area contributed by atoms with E-state index in [-0.39, 0.29) is 11.2 Å². The highest BCUT2D eigenvalue weighted by Gasteiger charge is 2.13. The highest BCUT2D eigenvalue weighted by molar-refractivity contribution is 6.02. The Balaban J connectivity index is 2.13. The third kappa shape index (κ3) is 1.67. The average Bonchev–Trinajstić information content (AvgIpc) is 2.85. The van der Waals surface area contributed by atoms with Crippen LogP contribution in [0, 0.1) is 5.82 Å². The summed E-state index contributed by atoms with van der Waals surface area (Å²) in [5.74, 6) is -0.455. The van der Waals surface area contributed by atoms with Crippen molar-refractivity contribution in [2.45, 2.75) is 0 Å². The number of nitrogens with zero attached hydrogens (tertiary/aromatic N) is 2. The molecule has 102 valence electrons. The molecule has 5 heteroatoms. The zero-order valence-corrected chi connectivity index (χ0v) is 10.9.